The topological polar surface area (TPSA) is 29.5 Å². The average molecular weight is 289 g/mol. The van der Waals surface area contributed by atoms with Crippen molar-refractivity contribution in [1.82, 2.24) is 4.90 Å². The molecule has 0 aromatic heterocycles. The SMILES string of the molecule is CCCC1CCN(Cc2ccccc2CC(=O)OC)CC1. The normalized spacial score (nSPS) is 16.9. The molecule has 0 N–H and O–H groups in total. The number of rotatable bonds is 6. The monoisotopic (exact) mass is 289 g/mol. The van der Waals surface area contributed by atoms with E-state index in [1.165, 1.54) is 51.4 Å². The molecular weight excluding hydrogens is 262 g/mol. The second kappa shape index (κ2) is 8.18. The lowest BCUT2D eigenvalue weighted by Crippen LogP contribution is -2.33. The highest BCUT2D eigenvalue weighted by Crippen LogP contribution is 2.23. The lowest BCUT2D eigenvalue weighted by Gasteiger charge is -2.32. The molecule has 1 aliphatic rings. The maximum atomic E-state index is 11.5. The molecule has 0 aliphatic carbocycles. The van der Waals surface area contributed by atoms with Crippen LogP contribution in [-0.2, 0) is 22.5 Å². The van der Waals surface area contributed by atoms with E-state index in [-0.39, 0.29) is 5.97 Å². The molecule has 0 amide bonds. The summed E-state index contributed by atoms with van der Waals surface area (Å²) in [5.41, 5.74) is 2.36. The van der Waals surface area contributed by atoms with Crippen molar-refractivity contribution in [3.05, 3.63) is 35.4 Å². The zero-order chi connectivity index (χ0) is 15.1. The van der Waals surface area contributed by atoms with Crippen molar-refractivity contribution < 1.29 is 9.53 Å². The van der Waals surface area contributed by atoms with Crippen LogP contribution in [0.25, 0.3) is 0 Å². The molecule has 1 fully saturated rings. The number of piperidine rings is 1. The van der Waals surface area contributed by atoms with Crippen LogP contribution in [-0.4, -0.2) is 31.1 Å². The number of methoxy groups -OCH3 is 1. The van der Waals surface area contributed by atoms with Crippen LogP contribution in [0.3, 0.4) is 0 Å². The van der Waals surface area contributed by atoms with Crippen LogP contribution in [0, 0.1) is 5.92 Å². The number of ether oxygens (including phenoxy) is 1. The Bertz CT molecular complexity index is 450. The number of esters is 1. The predicted octanol–water partition coefficient (Wildman–Crippen LogP) is 3.41. The van der Waals surface area contributed by atoms with Crippen LogP contribution in [0.5, 0.6) is 0 Å². The first kappa shape index (κ1) is 16.0. The molecule has 0 radical (unpaired) electrons. The molecule has 2 rings (SSSR count). The second-order valence-electron chi connectivity index (χ2n) is 6.03. The number of benzene rings is 1. The number of carbonyl (C=O) groups is 1. The Morgan fingerprint density at radius 3 is 2.52 bits per heavy atom. The minimum atomic E-state index is -0.163. The first-order valence-electron chi connectivity index (χ1n) is 8.09. The van der Waals surface area contributed by atoms with Crippen molar-refractivity contribution >= 4 is 5.97 Å². The summed E-state index contributed by atoms with van der Waals surface area (Å²) in [4.78, 5) is 14.0. The molecule has 1 aliphatic heterocycles. The van der Waals surface area contributed by atoms with Crippen molar-refractivity contribution in [2.45, 2.75) is 45.6 Å². The van der Waals surface area contributed by atoms with Gasteiger partial charge in [-0.1, -0.05) is 44.0 Å². The number of hydrogen-bond acceptors (Lipinski definition) is 3. The Morgan fingerprint density at radius 2 is 1.90 bits per heavy atom. The molecule has 1 aromatic rings. The number of carbonyl (C=O) groups excluding carboxylic acids is 1. The van der Waals surface area contributed by atoms with Crippen LogP contribution >= 0.6 is 0 Å². The van der Waals surface area contributed by atoms with Gasteiger partial charge < -0.3 is 4.74 Å². The first-order chi connectivity index (χ1) is 10.2. The van der Waals surface area contributed by atoms with E-state index in [1.54, 1.807) is 0 Å². The smallest absolute Gasteiger partial charge is 0.309 e. The van der Waals surface area contributed by atoms with E-state index in [2.05, 4.69) is 24.0 Å². The largest absolute Gasteiger partial charge is 0.469 e. The quantitative estimate of drug-likeness (QED) is 0.752. The van der Waals surface area contributed by atoms with Gasteiger partial charge in [0.15, 0.2) is 0 Å². The summed E-state index contributed by atoms with van der Waals surface area (Å²) in [5, 5.41) is 0. The van der Waals surface area contributed by atoms with Gasteiger partial charge in [0, 0.05) is 6.54 Å². The Balaban J connectivity index is 1.92. The van der Waals surface area contributed by atoms with Gasteiger partial charge in [-0.2, -0.15) is 0 Å². The minimum Gasteiger partial charge on any atom is -0.469 e. The van der Waals surface area contributed by atoms with E-state index in [9.17, 15) is 4.79 Å². The predicted molar refractivity (Wildman–Crippen MR) is 85.1 cm³/mol. The van der Waals surface area contributed by atoms with Gasteiger partial charge in [0.25, 0.3) is 0 Å². The van der Waals surface area contributed by atoms with E-state index in [4.69, 9.17) is 4.74 Å². The third-order valence-corrected chi connectivity index (χ3v) is 4.48. The number of hydrogen-bond donors (Lipinski definition) is 0. The summed E-state index contributed by atoms with van der Waals surface area (Å²) in [6.45, 7) is 5.58. The summed E-state index contributed by atoms with van der Waals surface area (Å²) in [7, 11) is 1.45. The molecule has 0 saturated carbocycles. The summed E-state index contributed by atoms with van der Waals surface area (Å²) in [6.07, 6.45) is 5.67. The Kier molecular flexibility index (Phi) is 6.24. The highest BCUT2D eigenvalue weighted by Gasteiger charge is 2.19. The maximum absolute atomic E-state index is 11.5. The molecule has 0 unspecified atom stereocenters. The average Bonchev–Trinajstić information content (AvgIpc) is 2.51. The maximum Gasteiger partial charge on any atom is 0.309 e. The van der Waals surface area contributed by atoms with Crippen molar-refractivity contribution in [1.29, 1.82) is 0 Å². The fraction of sp³-hybridized carbons (Fsp3) is 0.611. The minimum absolute atomic E-state index is 0.163. The van der Waals surface area contributed by atoms with Crippen LogP contribution < -0.4 is 0 Å². The van der Waals surface area contributed by atoms with Gasteiger partial charge in [-0.25, -0.2) is 0 Å². The van der Waals surface area contributed by atoms with E-state index >= 15 is 0 Å². The number of nitrogens with zero attached hydrogens (tertiary/aromatic N) is 1. The van der Waals surface area contributed by atoms with E-state index < -0.39 is 0 Å². The molecule has 3 heteroatoms. The first-order valence-corrected chi connectivity index (χ1v) is 8.09. The van der Waals surface area contributed by atoms with E-state index in [1.807, 2.05) is 12.1 Å². The van der Waals surface area contributed by atoms with Gasteiger partial charge in [0.1, 0.15) is 0 Å². The van der Waals surface area contributed by atoms with Gasteiger partial charge in [-0.15, -0.1) is 0 Å². The molecule has 0 bridgehead atoms. The number of likely N-dealkylation sites (tertiary alicyclic amines) is 1. The van der Waals surface area contributed by atoms with Crippen molar-refractivity contribution in [2.75, 3.05) is 20.2 Å². The van der Waals surface area contributed by atoms with Gasteiger partial charge in [-0.3, -0.25) is 9.69 Å². The molecule has 1 heterocycles. The van der Waals surface area contributed by atoms with E-state index in [0.29, 0.717) is 6.42 Å². The van der Waals surface area contributed by atoms with Crippen molar-refractivity contribution in [3.63, 3.8) is 0 Å². The molecule has 1 aromatic carbocycles. The second-order valence-corrected chi connectivity index (χ2v) is 6.03. The zero-order valence-electron chi connectivity index (χ0n) is 13.3. The fourth-order valence-electron chi connectivity index (χ4n) is 3.19. The summed E-state index contributed by atoms with van der Waals surface area (Å²) in [5.74, 6) is 0.751. The Hall–Kier alpha value is -1.35. The van der Waals surface area contributed by atoms with Gasteiger partial charge in [0.05, 0.1) is 13.5 Å². The van der Waals surface area contributed by atoms with E-state index in [0.717, 1.165) is 18.0 Å². The molecule has 21 heavy (non-hydrogen) atoms. The summed E-state index contributed by atoms with van der Waals surface area (Å²) in [6, 6.07) is 8.22. The van der Waals surface area contributed by atoms with Gasteiger partial charge in [-0.05, 0) is 43.0 Å². The molecular formula is C18H27NO2. The highest BCUT2D eigenvalue weighted by atomic mass is 16.5. The Labute approximate surface area is 128 Å². The van der Waals surface area contributed by atoms with Crippen LogP contribution in [0.1, 0.15) is 43.7 Å². The highest BCUT2D eigenvalue weighted by molar-refractivity contribution is 5.72. The third-order valence-electron chi connectivity index (χ3n) is 4.48. The summed E-state index contributed by atoms with van der Waals surface area (Å²) < 4.78 is 4.79. The van der Waals surface area contributed by atoms with Gasteiger partial charge >= 0.3 is 5.97 Å². The van der Waals surface area contributed by atoms with Crippen molar-refractivity contribution in [3.8, 4) is 0 Å². The zero-order valence-corrected chi connectivity index (χ0v) is 13.3. The fourth-order valence-corrected chi connectivity index (χ4v) is 3.19. The Morgan fingerprint density at radius 1 is 1.24 bits per heavy atom. The van der Waals surface area contributed by atoms with Crippen molar-refractivity contribution in [2.24, 2.45) is 5.92 Å². The molecule has 1 saturated heterocycles. The third kappa shape index (κ3) is 4.85. The molecule has 0 atom stereocenters. The molecule has 116 valence electrons. The lowest BCUT2D eigenvalue weighted by atomic mass is 9.92. The molecule has 0 spiro atoms. The molecule has 3 nitrogen and oxygen atoms in total. The summed E-state index contributed by atoms with van der Waals surface area (Å²) >= 11 is 0. The lowest BCUT2D eigenvalue weighted by molar-refractivity contribution is -0.139. The van der Waals surface area contributed by atoms with Crippen LogP contribution in [0.4, 0.5) is 0 Å². The van der Waals surface area contributed by atoms with Crippen LogP contribution in [0.2, 0.25) is 0 Å². The van der Waals surface area contributed by atoms with Crippen LogP contribution in [0.15, 0.2) is 24.3 Å². The van der Waals surface area contributed by atoms with Gasteiger partial charge in [0.2, 0.25) is 0 Å². The standard InChI is InChI=1S/C18H27NO2/c1-3-6-15-9-11-19(12-10-15)14-17-8-5-4-7-16(17)13-18(20)21-2/h4-5,7-8,15H,3,6,9-14H2,1-2H3.